The average molecular weight is 571 g/mol. The van der Waals surface area contributed by atoms with Crippen molar-refractivity contribution in [2.24, 2.45) is 0 Å². The first-order valence-electron chi connectivity index (χ1n) is 9.90. The van der Waals surface area contributed by atoms with Crippen LogP contribution in [0.4, 0.5) is 5.82 Å². The van der Waals surface area contributed by atoms with Crippen molar-refractivity contribution in [2.45, 2.75) is 4.90 Å². The number of thioether (sulfide) groups is 1. The molecule has 3 aromatic rings. The summed E-state index contributed by atoms with van der Waals surface area (Å²) in [6.07, 6.45) is 6.49. The molecule has 14 heteroatoms. The first-order valence-corrected chi connectivity index (χ1v) is 13.4. The monoisotopic (exact) mass is 570 g/mol. The first kappa shape index (κ1) is 26.1. The van der Waals surface area contributed by atoms with Gasteiger partial charge in [-0.05, 0) is 24.0 Å². The third kappa shape index (κ3) is 7.77. The quantitative estimate of drug-likeness (QED) is 0.233. The Kier molecular flexibility index (Phi) is 9.83. The van der Waals surface area contributed by atoms with Crippen LogP contribution in [0.3, 0.4) is 0 Å². The first-order chi connectivity index (χ1) is 16.4. The van der Waals surface area contributed by atoms with Crippen LogP contribution in [0.1, 0.15) is 0 Å². The summed E-state index contributed by atoms with van der Waals surface area (Å²) in [4.78, 5) is 17.5. The topological polar surface area (TPSA) is 137 Å². The minimum absolute atomic E-state index is 0.0640. The maximum absolute atomic E-state index is 12.5. The van der Waals surface area contributed by atoms with Gasteiger partial charge in [-0.15, -0.1) is 11.8 Å². The lowest BCUT2D eigenvalue weighted by atomic mass is 10.1. The third-order valence-corrected chi connectivity index (χ3v) is 6.43. The van der Waals surface area contributed by atoms with Crippen LogP contribution >= 0.6 is 27.7 Å². The molecule has 3 rings (SSSR count). The Hall–Kier alpha value is -2.52. The lowest BCUT2D eigenvalue weighted by molar-refractivity contribution is 0.201. The molecular formula is C20H23BrN6O5S2. The number of nitrogens with zero attached hydrogens (tertiary/aromatic N) is 4. The second kappa shape index (κ2) is 12.8. The number of rotatable bonds is 13. The van der Waals surface area contributed by atoms with Gasteiger partial charge in [0, 0.05) is 35.4 Å². The minimum atomic E-state index is -3.91. The van der Waals surface area contributed by atoms with E-state index in [1.54, 1.807) is 24.5 Å². The Morgan fingerprint density at radius 1 is 1.00 bits per heavy atom. The lowest BCUT2D eigenvalue weighted by Gasteiger charge is -2.16. The molecule has 0 fully saturated rings. The molecular weight excluding hydrogens is 548 g/mol. The van der Waals surface area contributed by atoms with Crippen LogP contribution in [0.2, 0.25) is 0 Å². The van der Waals surface area contributed by atoms with E-state index in [9.17, 15) is 8.42 Å². The van der Waals surface area contributed by atoms with E-state index in [0.717, 1.165) is 9.37 Å². The maximum Gasteiger partial charge on any atom is 0.316 e. The minimum Gasteiger partial charge on any atom is -0.473 e. The van der Waals surface area contributed by atoms with Gasteiger partial charge in [-0.25, -0.2) is 19.9 Å². The van der Waals surface area contributed by atoms with E-state index in [4.69, 9.17) is 14.2 Å². The molecule has 2 heterocycles. The molecule has 11 nitrogen and oxygen atoms in total. The summed E-state index contributed by atoms with van der Waals surface area (Å²) >= 11 is 4.93. The summed E-state index contributed by atoms with van der Waals surface area (Å²) in [6, 6.07) is 7.46. The second-order valence-corrected chi connectivity index (χ2v) is 9.80. The van der Waals surface area contributed by atoms with Crippen molar-refractivity contribution in [1.29, 1.82) is 0 Å². The SMILES string of the molecule is COCCNS(=O)(=O)Nc1ncnc(OCCOc2ncc(SC)cn2)c1-c1ccc(Br)cc1. The van der Waals surface area contributed by atoms with Gasteiger partial charge in [0.15, 0.2) is 5.82 Å². The van der Waals surface area contributed by atoms with Crippen molar-refractivity contribution >= 4 is 43.7 Å². The summed E-state index contributed by atoms with van der Waals surface area (Å²) in [6.45, 7) is 0.599. The molecule has 0 radical (unpaired) electrons. The van der Waals surface area contributed by atoms with Crippen LogP contribution in [-0.4, -0.2) is 68.1 Å². The van der Waals surface area contributed by atoms with Crippen LogP contribution < -0.4 is 18.9 Å². The zero-order chi connectivity index (χ0) is 24.4. The fraction of sp³-hybridized carbons (Fsp3) is 0.300. The van der Waals surface area contributed by atoms with Crippen molar-refractivity contribution in [3.8, 4) is 23.0 Å². The highest BCUT2D eigenvalue weighted by atomic mass is 79.9. The van der Waals surface area contributed by atoms with Gasteiger partial charge in [0.05, 0.1) is 12.2 Å². The molecule has 0 unspecified atom stereocenters. The van der Waals surface area contributed by atoms with E-state index in [1.165, 1.54) is 25.2 Å². The molecule has 0 aliphatic heterocycles. The predicted molar refractivity (Wildman–Crippen MR) is 132 cm³/mol. The number of halogens is 1. The lowest BCUT2D eigenvalue weighted by Crippen LogP contribution is -2.33. The van der Waals surface area contributed by atoms with Crippen molar-refractivity contribution in [3.05, 3.63) is 47.5 Å². The maximum atomic E-state index is 12.5. The number of hydrogen-bond donors (Lipinski definition) is 2. The van der Waals surface area contributed by atoms with E-state index in [0.29, 0.717) is 11.1 Å². The molecule has 1 aromatic carbocycles. The van der Waals surface area contributed by atoms with Gasteiger partial charge >= 0.3 is 6.01 Å². The van der Waals surface area contributed by atoms with E-state index in [1.807, 2.05) is 18.4 Å². The number of methoxy groups -OCH3 is 1. The van der Waals surface area contributed by atoms with Crippen molar-refractivity contribution in [2.75, 3.05) is 44.5 Å². The van der Waals surface area contributed by atoms with Crippen molar-refractivity contribution < 1.29 is 22.6 Å². The number of hydrogen-bond acceptors (Lipinski definition) is 10. The summed E-state index contributed by atoms with van der Waals surface area (Å²) in [7, 11) is -2.42. The highest BCUT2D eigenvalue weighted by Gasteiger charge is 2.20. The van der Waals surface area contributed by atoms with E-state index < -0.39 is 10.2 Å². The van der Waals surface area contributed by atoms with Crippen LogP contribution in [0.15, 0.2) is 52.4 Å². The Bertz CT molecular complexity index is 1170. The third-order valence-electron chi connectivity index (χ3n) is 4.17. The molecule has 0 bridgehead atoms. The van der Waals surface area contributed by atoms with Gasteiger partial charge in [0.2, 0.25) is 5.88 Å². The summed E-state index contributed by atoms with van der Waals surface area (Å²) < 4.78 is 46.8. The van der Waals surface area contributed by atoms with Gasteiger partial charge < -0.3 is 14.2 Å². The summed E-state index contributed by atoms with van der Waals surface area (Å²) in [5, 5.41) is 0. The van der Waals surface area contributed by atoms with Crippen LogP contribution in [0.5, 0.6) is 11.9 Å². The number of aromatic nitrogens is 4. The standard InChI is InChI=1S/C20H23BrN6O5S2/c1-30-8-7-26-34(28,29)27-18-17(14-3-5-15(21)6-4-14)19(25-13-24-18)31-9-10-32-20-22-11-16(33-2)12-23-20/h3-6,11-13,26H,7-10H2,1-2H3,(H,24,25,27). The molecule has 0 amide bonds. The second-order valence-electron chi connectivity index (χ2n) is 6.50. The summed E-state index contributed by atoms with van der Waals surface area (Å²) in [5.74, 6) is 0.253. The van der Waals surface area contributed by atoms with Crippen LogP contribution in [0.25, 0.3) is 11.1 Å². The van der Waals surface area contributed by atoms with Gasteiger partial charge in [-0.1, -0.05) is 28.1 Å². The molecule has 2 aromatic heterocycles. The Morgan fingerprint density at radius 3 is 2.38 bits per heavy atom. The van der Waals surface area contributed by atoms with Crippen LogP contribution in [-0.2, 0) is 14.9 Å². The number of benzene rings is 1. The number of nitrogens with one attached hydrogen (secondary N) is 2. The number of ether oxygens (including phenoxy) is 3. The molecule has 182 valence electrons. The Morgan fingerprint density at radius 2 is 1.71 bits per heavy atom. The number of anilines is 1. The predicted octanol–water partition coefficient (Wildman–Crippen LogP) is 2.77. The smallest absolute Gasteiger partial charge is 0.316 e. The largest absolute Gasteiger partial charge is 0.473 e. The molecule has 0 aliphatic carbocycles. The zero-order valence-corrected chi connectivity index (χ0v) is 21.6. The molecule has 0 spiro atoms. The molecule has 0 saturated heterocycles. The van der Waals surface area contributed by atoms with E-state index >= 15 is 0 Å². The van der Waals surface area contributed by atoms with Gasteiger partial charge in [0.1, 0.15) is 19.5 Å². The summed E-state index contributed by atoms with van der Waals surface area (Å²) in [5.41, 5.74) is 1.04. The van der Waals surface area contributed by atoms with Gasteiger partial charge in [0.25, 0.3) is 10.2 Å². The van der Waals surface area contributed by atoms with Crippen molar-refractivity contribution in [1.82, 2.24) is 24.7 Å². The highest BCUT2D eigenvalue weighted by molar-refractivity contribution is 9.10. The molecule has 2 N–H and O–H groups in total. The molecule has 34 heavy (non-hydrogen) atoms. The Balaban J connectivity index is 1.77. The van der Waals surface area contributed by atoms with Gasteiger partial charge in [-0.2, -0.15) is 13.1 Å². The Labute approximate surface area is 210 Å². The fourth-order valence-electron chi connectivity index (χ4n) is 2.63. The normalized spacial score (nSPS) is 11.3. The molecule has 0 aliphatic rings. The fourth-order valence-corrected chi connectivity index (χ4v) is 4.04. The van der Waals surface area contributed by atoms with Gasteiger partial charge in [-0.3, -0.25) is 4.72 Å². The molecule has 0 atom stereocenters. The van der Waals surface area contributed by atoms with E-state index in [2.05, 4.69) is 45.3 Å². The van der Waals surface area contributed by atoms with Crippen molar-refractivity contribution in [3.63, 3.8) is 0 Å². The molecule has 0 saturated carbocycles. The highest BCUT2D eigenvalue weighted by Crippen LogP contribution is 2.34. The van der Waals surface area contributed by atoms with E-state index in [-0.39, 0.29) is 44.1 Å². The average Bonchev–Trinajstić information content (AvgIpc) is 2.83. The zero-order valence-electron chi connectivity index (χ0n) is 18.4. The van der Waals surface area contributed by atoms with Crippen LogP contribution in [0, 0.1) is 0 Å².